The fourth-order valence-electron chi connectivity index (χ4n) is 3.72. The van der Waals surface area contributed by atoms with E-state index < -0.39 is 10.0 Å². The molecule has 0 aliphatic carbocycles. The fraction of sp³-hybridized carbons (Fsp3) is 0.429. The Kier molecular flexibility index (Phi) is 5.68. The maximum absolute atomic E-state index is 12.9. The molecule has 4 nitrogen and oxygen atoms in total. The lowest BCUT2D eigenvalue weighted by atomic mass is 10.1. The van der Waals surface area contributed by atoms with Gasteiger partial charge in [0.05, 0.1) is 4.90 Å². The Balaban J connectivity index is 1.72. The molecule has 0 unspecified atom stereocenters. The summed E-state index contributed by atoms with van der Waals surface area (Å²) in [6.45, 7) is 8.84. The molecule has 2 aromatic carbocycles. The molecule has 1 aliphatic rings. The second-order valence-electron chi connectivity index (χ2n) is 7.03. The molecule has 0 saturated carbocycles. The van der Waals surface area contributed by atoms with Gasteiger partial charge in [0.25, 0.3) is 0 Å². The molecule has 0 radical (unpaired) electrons. The minimum atomic E-state index is -3.41. The van der Waals surface area contributed by atoms with Crippen molar-refractivity contribution in [1.29, 1.82) is 0 Å². The van der Waals surface area contributed by atoms with Gasteiger partial charge in [-0.25, -0.2) is 8.42 Å². The van der Waals surface area contributed by atoms with E-state index in [4.69, 9.17) is 0 Å². The summed E-state index contributed by atoms with van der Waals surface area (Å²) in [4.78, 5) is 2.71. The summed E-state index contributed by atoms with van der Waals surface area (Å²) in [7, 11) is -3.41. The molecular formula is C21H28N2O2S. The Bertz CT molecular complexity index is 832. The lowest BCUT2D eigenvalue weighted by Gasteiger charge is -2.36. The predicted molar refractivity (Wildman–Crippen MR) is 107 cm³/mol. The van der Waals surface area contributed by atoms with E-state index in [0.29, 0.717) is 18.0 Å². The van der Waals surface area contributed by atoms with Crippen LogP contribution < -0.4 is 4.90 Å². The number of sulfonamides is 1. The van der Waals surface area contributed by atoms with Crippen LogP contribution in [0, 0.1) is 13.8 Å². The van der Waals surface area contributed by atoms with Crippen molar-refractivity contribution < 1.29 is 8.42 Å². The van der Waals surface area contributed by atoms with Crippen LogP contribution in [0.25, 0.3) is 0 Å². The van der Waals surface area contributed by atoms with Gasteiger partial charge >= 0.3 is 0 Å². The second-order valence-corrected chi connectivity index (χ2v) is 8.96. The lowest BCUT2D eigenvalue weighted by molar-refractivity contribution is 0.384. The molecule has 140 valence electrons. The van der Waals surface area contributed by atoms with Crippen molar-refractivity contribution in [3.8, 4) is 0 Å². The number of hydrogen-bond acceptors (Lipinski definition) is 3. The molecule has 0 aromatic heterocycles. The van der Waals surface area contributed by atoms with E-state index in [1.54, 1.807) is 16.4 Å². The summed E-state index contributed by atoms with van der Waals surface area (Å²) >= 11 is 0. The third kappa shape index (κ3) is 3.79. The lowest BCUT2D eigenvalue weighted by Crippen LogP contribution is -2.49. The van der Waals surface area contributed by atoms with Gasteiger partial charge in [0.15, 0.2) is 0 Å². The van der Waals surface area contributed by atoms with Crippen LogP contribution in [0.3, 0.4) is 0 Å². The summed E-state index contributed by atoms with van der Waals surface area (Å²) < 4.78 is 27.5. The van der Waals surface area contributed by atoms with Crippen LogP contribution in [-0.2, 0) is 16.4 Å². The maximum Gasteiger partial charge on any atom is 0.243 e. The average Bonchev–Trinajstić information content (AvgIpc) is 2.63. The van der Waals surface area contributed by atoms with Crippen LogP contribution in [-0.4, -0.2) is 38.9 Å². The summed E-state index contributed by atoms with van der Waals surface area (Å²) in [5.41, 5.74) is 4.92. The van der Waals surface area contributed by atoms with Crippen molar-refractivity contribution in [2.24, 2.45) is 0 Å². The molecular weight excluding hydrogens is 344 g/mol. The molecule has 3 rings (SSSR count). The zero-order valence-corrected chi connectivity index (χ0v) is 16.7. The third-order valence-electron chi connectivity index (χ3n) is 5.09. The quantitative estimate of drug-likeness (QED) is 0.802. The number of hydrogen-bond donors (Lipinski definition) is 0. The van der Waals surface area contributed by atoms with Crippen LogP contribution >= 0.6 is 0 Å². The first-order valence-electron chi connectivity index (χ1n) is 9.33. The average molecular weight is 373 g/mol. The summed E-state index contributed by atoms with van der Waals surface area (Å²) in [6, 6.07) is 13.7. The van der Waals surface area contributed by atoms with Gasteiger partial charge in [0.1, 0.15) is 0 Å². The molecule has 0 bridgehead atoms. The highest BCUT2D eigenvalue weighted by Crippen LogP contribution is 2.27. The second kappa shape index (κ2) is 7.80. The summed E-state index contributed by atoms with van der Waals surface area (Å²) in [6.07, 6.45) is 2.04. The SMILES string of the molecule is CCCc1ccc(S(=O)(=O)N2CCN(c3c(C)cccc3C)CC2)cc1. The van der Waals surface area contributed by atoms with Crippen LogP contribution in [0.1, 0.15) is 30.0 Å². The molecule has 2 aromatic rings. The topological polar surface area (TPSA) is 40.6 Å². The van der Waals surface area contributed by atoms with E-state index in [1.165, 1.54) is 22.4 Å². The third-order valence-corrected chi connectivity index (χ3v) is 7.01. The van der Waals surface area contributed by atoms with E-state index in [2.05, 4.69) is 43.9 Å². The molecule has 1 aliphatic heterocycles. The highest BCUT2D eigenvalue weighted by atomic mass is 32.2. The number of rotatable bonds is 5. The maximum atomic E-state index is 12.9. The number of piperazine rings is 1. The van der Waals surface area contributed by atoms with Crippen molar-refractivity contribution in [2.45, 2.75) is 38.5 Å². The van der Waals surface area contributed by atoms with Crippen molar-refractivity contribution in [1.82, 2.24) is 4.31 Å². The summed E-state index contributed by atoms with van der Waals surface area (Å²) in [5.74, 6) is 0. The highest BCUT2D eigenvalue weighted by Gasteiger charge is 2.29. The standard InChI is InChI=1S/C21H28N2O2S/c1-4-6-19-9-11-20(12-10-19)26(24,25)23-15-13-22(14-16-23)21-17(2)7-5-8-18(21)3/h5,7-12H,4,6,13-16H2,1-3H3. The first-order valence-corrected chi connectivity index (χ1v) is 10.8. The largest absolute Gasteiger partial charge is 0.368 e. The molecule has 1 fully saturated rings. The smallest absolute Gasteiger partial charge is 0.243 e. The molecule has 0 N–H and O–H groups in total. The van der Waals surface area contributed by atoms with Gasteiger partial charge in [-0.1, -0.05) is 43.7 Å². The van der Waals surface area contributed by atoms with Gasteiger partial charge in [-0.05, 0) is 49.1 Å². The fourth-order valence-corrected chi connectivity index (χ4v) is 5.14. The number of nitrogens with zero attached hydrogens (tertiary/aromatic N) is 2. The normalized spacial score (nSPS) is 16.0. The van der Waals surface area contributed by atoms with Gasteiger partial charge < -0.3 is 4.90 Å². The van der Waals surface area contributed by atoms with Crippen molar-refractivity contribution >= 4 is 15.7 Å². The van der Waals surface area contributed by atoms with E-state index in [-0.39, 0.29) is 0 Å². The predicted octanol–water partition coefficient (Wildman–Crippen LogP) is 3.77. The minimum absolute atomic E-state index is 0.401. The monoisotopic (exact) mass is 372 g/mol. The molecule has 26 heavy (non-hydrogen) atoms. The number of anilines is 1. The van der Waals surface area contributed by atoms with Crippen molar-refractivity contribution in [3.05, 3.63) is 59.2 Å². The van der Waals surface area contributed by atoms with E-state index in [9.17, 15) is 8.42 Å². The van der Waals surface area contributed by atoms with Gasteiger partial charge in [0.2, 0.25) is 10.0 Å². The first kappa shape index (κ1) is 18.9. The molecule has 1 saturated heterocycles. The van der Waals surface area contributed by atoms with Crippen LogP contribution in [0.5, 0.6) is 0 Å². The van der Waals surface area contributed by atoms with Crippen LogP contribution in [0.2, 0.25) is 0 Å². The van der Waals surface area contributed by atoms with E-state index in [0.717, 1.165) is 25.9 Å². The minimum Gasteiger partial charge on any atom is -0.368 e. The zero-order chi connectivity index (χ0) is 18.7. The molecule has 0 spiro atoms. The molecule has 0 amide bonds. The van der Waals surface area contributed by atoms with Crippen LogP contribution in [0.4, 0.5) is 5.69 Å². The van der Waals surface area contributed by atoms with Gasteiger partial charge in [-0.3, -0.25) is 0 Å². The molecule has 1 heterocycles. The number of para-hydroxylation sites is 1. The van der Waals surface area contributed by atoms with E-state index >= 15 is 0 Å². The Hall–Kier alpha value is -1.85. The first-order chi connectivity index (χ1) is 12.4. The van der Waals surface area contributed by atoms with Gasteiger partial charge in [-0.15, -0.1) is 0 Å². The molecule has 5 heteroatoms. The Morgan fingerprint density at radius 1 is 0.885 bits per heavy atom. The van der Waals surface area contributed by atoms with E-state index in [1.807, 2.05) is 12.1 Å². The van der Waals surface area contributed by atoms with Crippen molar-refractivity contribution in [2.75, 3.05) is 31.1 Å². The Labute approximate surface area is 157 Å². The Morgan fingerprint density at radius 2 is 1.46 bits per heavy atom. The van der Waals surface area contributed by atoms with Gasteiger partial charge in [0, 0.05) is 31.9 Å². The summed E-state index contributed by atoms with van der Waals surface area (Å²) in [5, 5.41) is 0. The number of aryl methyl sites for hydroxylation is 3. The zero-order valence-electron chi connectivity index (χ0n) is 15.9. The number of benzene rings is 2. The van der Waals surface area contributed by atoms with Crippen LogP contribution in [0.15, 0.2) is 47.4 Å². The molecule has 0 atom stereocenters. The Morgan fingerprint density at radius 3 is 2.00 bits per heavy atom. The van der Waals surface area contributed by atoms with Crippen molar-refractivity contribution in [3.63, 3.8) is 0 Å². The highest BCUT2D eigenvalue weighted by molar-refractivity contribution is 7.89. The van der Waals surface area contributed by atoms with Gasteiger partial charge in [-0.2, -0.15) is 4.31 Å².